The van der Waals surface area contributed by atoms with Crippen molar-refractivity contribution in [3.8, 4) is 22.5 Å². The van der Waals surface area contributed by atoms with Crippen LogP contribution in [0.2, 0.25) is 0 Å². The number of hydrogen-bond donors (Lipinski definition) is 0. The number of para-hydroxylation sites is 4. The molecule has 0 amide bonds. The number of nitrogens with zero attached hydrogens (tertiary/aromatic N) is 3. The third-order valence-corrected chi connectivity index (χ3v) is 10.1. The van der Waals surface area contributed by atoms with Crippen LogP contribution in [-0.4, -0.2) is 9.13 Å². The zero-order valence-electron chi connectivity index (χ0n) is 27.9. The molecule has 0 fully saturated rings. The van der Waals surface area contributed by atoms with Gasteiger partial charge < -0.3 is 14.0 Å². The molecule has 0 aliphatic rings. The minimum absolute atomic E-state index is 1.12. The second kappa shape index (κ2) is 11.9. The molecule has 240 valence electrons. The lowest BCUT2D eigenvalue weighted by molar-refractivity contribution is 1.13. The van der Waals surface area contributed by atoms with E-state index in [-0.39, 0.29) is 0 Å². The Kier molecular flexibility index (Phi) is 6.81. The number of aromatic nitrogens is 2. The molecule has 3 nitrogen and oxygen atoms in total. The van der Waals surface area contributed by atoms with E-state index in [0.29, 0.717) is 0 Å². The van der Waals surface area contributed by atoms with Gasteiger partial charge in [-0.25, -0.2) is 0 Å². The Labute approximate surface area is 296 Å². The van der Waals surface area contributed by atoms with Gasteiger partial charge in [0.15, 0.2) is 0 Å². The minimum Gasteiger partial charge on any atom is -0.316 e. The van der Waals surface area contributed by atoms with E-state index >= 15 is 0 Å². The topological polar surface area (TPSA) is 13.1 Å². The molecule has 10 aromatic rings. The van der Waals surface area contributed by atoms with Gasteiger partial charge in [-0.2, -0.15) is 0 Å². The highest BCUT2D eigenvalue weighted by Crippen LogP contribution is 2.42. The van der Waals surface area contributed by atoms with Crippen LogP contribution >= 0.6 is 0 Å². The van der Waals surface area contributed by atoms with Crippen LogP contribution < -0.4 is 4.90 Å². The molecule has 0 N–H and O–H groups in total. The summed E-state index contributed by atoms with van der Waals surface area (Å²) < 4.78 is 4.73. The van der Waals surface area contributed by atoms with E-state index in [1.165, 1.54) is 54.6 Å². The van der Waals surface area contributed by atoms with Gasteiger partial charge in [0.25, 0.3) is 0 Å². The summed E-state index contributed by atoms with van der Waals surface area (Å²) in [5, 5.41) is 6.25. The van der Waals surface area contributed by atoms with Crippen molar-refractivity contribution in [1.29, 1.82) is 0 Å². The predicted molar refractivity (Wildman–Crippen MR) is 215 cm³/mol. The largest absolute Gasteiger partial charge is 0.316 e. The molecular weight excluding hydrogens is 619 g/mol. The molecule has 0 atom stereocenters. The molecule has 0 unspecified atom stereocenters. The Bertz CT molecular complexity index is 2780. The van der Waals surface area contributed by atoms with Gasteiger partial charge in [-0.15, -0.1) is 0 Å². The molecule has 0 aliphatic heterocycles. The maximum absolute atomic E-state index is 2.41. The van der Waals surface area contributed by atoms with E-state index < -0.39 is 0 Å². The van der Waals surface area contributed by atoms with Gasteiger partial charge in [0.1, 0.15) is 0 Å². The second-order valence-corrected chi connectivity index (χ2v) is 13.0. The van der Waals surface area contributed by atoms with Crippen molar-refractivity contribution in [3.63, 3.8) is 0 Å². The number of rotatable bonds is 6. The molecule has 0 saturated carbocycles. The molecule has 0 saturated heterocycles. The summed E-state index contributed by atoms with van der Waals surface area (Å²) in [4.78, 5) is 2.30. The quantitative estimate of drug-likeness (QED) is 0.174. The van der Waals surface area contributed by atoms with Crippen molar-refractivity contribution in [1.82, 2.24) is 9.13 Å². The second-order valence-electron chi connectivity index (χ2n) is 13.0. The van der Waals surface area contributed by atoms with Crippen LogP contribution in [0.15, 0.2) is 200 Å². The van der Waals surface area contributed by atoms with Crippen LogP contribution in [0, 0.1) is 0 Å². The molecule has 2 heterocycles. The molecule has 0 radical (unpaired) electrons. The lowest BCUT2D eigenvalue weighted by Gasteiger charge is -2.25. The van der Waals surface area contributed by atoms with Crippen LogP contribution in [0.3, 0.4) is 0 Å². The molecule has 2 aromatic heterocycles. The fraction of sp³-hybridized carbons (Fsp3) is 0. The maximum atomic E-state index is 2.41. The number of hydrogen-bond acceptors (Lipinski definition) is 1. The molecule has 10 rings (SSSR count). The van der Waals surface area contributed by atoms with Crippen molar-refractivity contribution < 1.29 is 0 Å². The summed E-state index contributed by atoms with van der Waals surface area (Å²) in [7, 11) is 0. The lowest BCUT2D eigenvalue weighted by atomic mass is 9.99. The molecule has 0 aliphatic carbocycles. The Balaban J connectivity index is 1.17. The molecule has 51 heavy (non-hydrogen) atoms. The first-order chi connectivity index (χ1) is 25.3. The zero-order valence-corrected chi connectivity index (χ0v) is 27.9. The van der Waals surface area contributed by atoms with Crippen molar-refractivity contribution in [2.45, 2.75) is 0 Å². The minimum atomic E-state index is 1.12. The molecule has 3 heteroatoms. The molecule has 0 spiro atoms. The summed E-state index contributed by atoms with van der Waals surface area (Å²) in [6.45, 7) is 0. The van der Waals surface area contributed by atoms with Crippen LogP contribution in [-0.2, 0) is 0 Å². The van der Waals surface area contributed by atoms with Crippen LogP contribution in [0.5, 0.6) is 0 Å². The Hall–Kier alpha value is -6.84. The van der Waals surface area contributed by atoms with E-state index in [4.69, 9.17) is 0 Å². The first-order valence-corrected chi connectivity index (χ1v) is 17.4. The van der Waals surface area contributed by atoms with E-state index in [1.807, 2.05) is 0 Å². The van der Waals surface area contributed by atoms with Crippen molar-refractivity contribution >= 4 is 60.5 Å². The molecule has 0 bridgehead atoms. The smallest absolute Gasteiger partial charge is 0.0607 e. The highest BCUT2D eigenvalue weighted by Gasteiger charge is 2.18. The zero-order chi connectivity index (χ0) is 33.7. The van der Waals surface area contributed by atoms with E-state index in [9.17, 15) is 0 Å². The predicted octanol–water partition coefficient (Wildman–Crippen LogP) is 13.0. The van der Waals surface area contributed by atoms with Crippen LogP contribution in [0.1, 0.15) is 0 Å². The van der Waals surface area contributed by atoms with Gasteiger partial charge in [0.05, 0.1) is 16.6 Å². The average Bonchev–Trinajstić information content (AvgIpc) is 3.79. The highest BCUT2D eigenvalue weighted by molar-refractivity contribution is 6.25. The molecule has 8 aromatic carbocycles. The summed E-state index contributed by atoms with van der Waals surface area (Å²) in [5.74, 6) is 0. The van der Waals surface area contributed by atoms with E-state index in [0.717, 1.165) is 28.4 Å². The van der Waals surface area contributed by atoms with Crippen LogP contribution in [0.4, 0.5) is 17.1 Å². The molecular formula is C48H33N3. The van der Waals surface area contributed by atoms with Crippen molar-refractivity contribution in [2.75, 3.05) is 4.90 Å². The van der Waals surface area contributed by atoms with Gasteiger partial charge in [0.2, 0.25) is 0 Å². The Morgan fingerprint density at radius 3 is 1.59 bits per heavy atom. The SMILES string of the molecule is c1ccc(N(c2ccccc2)c2ccc(-c3ccc4c(c3)c3c5ccc6ccn(-c7ccccc7)c6c5ccc3n4-c3ccccc3)cc2)cc1. The third-order valence-electron chi connectivity index (χ3n) is 10.1. The number of benzene rings is 8. The summed E-state index contributed by atoms with van der Waals surface area (Å²) in [6.07, 6.45) is 2.19. The van der Waals surface area contributed by atoms with Gasteiger partial charge in [-0.05, 0) is 101 Å². The third kappa shape index (κ3) is 4.82. The fourth-order valence-corrected chi connectivity index (χ4v) is 7.80. The van der Waals surface area contributed by atoms with Gasteiger partial charge >= 0.3 is 0 Å². The normalized spacial score (nSPS) is 11.5. The van der Waals surface area contributed by atoms with Gasteiger partial charge in [0, 0.05) is 56.2 Å². The van der Waals surface area contributed by atoms with E-state index in [2.05, 4.69) is 214 Å². The Morgan fingerprint density at radius 1 is 0.373 bits per heavy atom. The summed E-state index contributed by atoms with van der Waals surface area (Å²) in [6, 6.07) is 69.8. The summed E-state index contributed by atoms with van der Waals surface area (Å²) in [5.41, 5.74) is 11.7. The fourth-order valence-electron chi connectivity index (χ4n) is 7.80. The summed E-state index contributed by atoms with van der Waals surface area (Å²) >= 11 is 0. The van der Waals surface area contributed by atoms with Gasteiger partial charge in [-0.1, -0.05) is 109 Å². The van der Waals surface area contributed by atoms with Crippen molar-refractivity contribution in [3.05, 3.63) is 200 Å². The first-order valence-electron chi connectivity index (χ1n) is 17.4. The number of fused-ring (bicyclic) bond motifs is 7. The first kappa shape index (κ1) is 29.1. The standard InChI is InChI=1S/C48H33N3/c1-5-13-37(14-6-1)49-32-31-35-23-27-42-43(48(35)49)28-30-46-47(42)44-33-36(24-29-45(44)51(46)40-19-11-4-12-20-40)34-21-25-41(26-22-34)50(38-15-7-2-8-16-38)39-17-9-3-10-18-39/h1-33H. The monoisotopic (exact) mass is 651 g/mol. The highest BCUT2D eigenvalue weighted by atomic mass is 15.1. The van der Waals surface area contributed by atoms with Crippen LogP contribution in [0.25, 0.3) is 66.0 Å². The Morgan fingerprint density at radius 2 is 0.922 bits per heavy atom. The maximum Gasteiger partial charge on any atom is 0.0607 e. The van der Waals surface area contributed by atoms with E-state index in [1.54, 1.807) is 0 Å². The van der Waals surface area contributed by atoms with Gasteiger partial charge in [-0.3, -0.25) is 0 Å². The van der Waals surface area contributed by atoms with Crippen molar-refractivity contribution in [2.24, 2.45) is 0 Å². The lowest BCUT2D eigenvalue weighted by Crippen LogP contribution is -2.09. The number of anilines is 3. The average molecular weight is 652 g/mol.